The SMILES string of the molecule is CNC[C@@H]1Cc2c(cccc2N2CCC(C#N)CC2)CN1. The summed E-state index contributed by atoms with van der Waals surface area (Å²) in [6.07, 6.45) is 3.08. The lowest BCUT2D eigenvalue weighted by atomic mass is 9.91. The molecule has 0 aliphatic carbocycles. The van der Waals surface area contributed by atoms with Gasteiger partial charge in [0.1, 0.15) is 0 Å². The van der Waals surface area contributed by atoms with Crippen LogP contribution in [0.1, 0.15) is 24.0 Å². The fraction of sp³-hybridized carbons (Fsp3) is 0.588. The quantitative estimate of drug-likeness (QED) is 0.886. The van der Waals surface area contributed by atoms with Crippen LogP contribution < -0.4 is 15.5 Å². The molecule has 0 bridgehead atoms. The molecule has 4 heteroatoms. The molecule has 21 heavy (non-hydrogen) atoms. The van der Waals surface area contributed by atoms with Crippen LogP contribution in [0.2, 0.25) is 0 Å². The van der Waals surface area contributed by atoms with Crippen molar-refractivity contribution >= 4 is 5.69 Å². The highest BCUT2D eigenvalue weighted by Gasteiger charge is 2.25. The zero-order valence-corrected chi connectivity index (χ0v) is 12.7. The first kappa shape index (κ1) is 14.4. The Balaban J connectivity index is 1.79. The van der Waals surface area contributed by atoms with E-state index in [-0.39, 0.29) is 5.92 Å². The summed E-state index contributed by atoms with van der Waals surface area (Å²) in [4.78, 5) is 2.48. The second kappa shape index (κ2) is 6.46. The summed E-state index contributed by atoms with van der Waals surface area (Å²) in [5.74, 6) is 0.250. The lowest BCUT2D eigenvalue weighted by molar-refractivity contribution is 0.457. The average molecular weight is 284 g/mol. The summed E-state index contributed by atoms with van der Waals surface area (Å²) in [6.45, 7) is 3.99. The third kappa shape index (κ3) is 3.04. The molecule has 0 amide bonds. The van der Waals surface area contributed by atoms with Crippen LogP contribution in [0.15, 0.2) is 18.2 Å². The molecule has 112 valence electrons. The number of nitrogens with zero attached hydrogens (tertiary/aromatic N) is 2. The van der Waals surface area contributed by atoms with Gasteiger partial charge in [0.25, 0.3) is 0 Å². The van der Waals surface area contributed by atoms with Gasteiger partial charge in [-0.2, -0.15) is 5.26 Å². The van der Waals surface area contributed by atoms with Crippen LogP contribution in [0.25, 0.3) is 0 Å². The Kier molecular flexibility index (Phi) is 4.42. The fourth-order valence-corrected chi connectivity index (χ4v) is 3.53. The molecular formula is C17H24N4. The zero-order valence-electron chi connectivity index (χ0n) is 12.7. The Hall–Kier alpha value is -1.57. The van der Waals surface area contributed by atoms with Gasteiger partial charge in [-0.25, -0.2) is 0 Å². The molecule has 2 N–H and O–H groups in total. The first-order chi connectivity index (χ1) is 10.3. The molecule has 2 aliphatic rings. The van der Waals surface area contributed by atoms with Gasteiger partial charge >= 0.3 is 0 Å². The van der Waals surface area contributed by atoms with Crippen molar-refractivity contribution in [2.45, 2.75) is 31.8 Å². The van der Waals surface area contributed by atoms with Crippen molar-refractivity contribution in [1.29, 1.82) is 5.26 Å². The molecule has 0 unspecified atom stereocenters. The van der Waals surface area contributed by atoms with Gasteiger partial charge in [-0.1, -0.05) is 12.1 Å². The van der Waals surface area contributed by atoms with Gasteiger partial charge in [0.05, 0.1) is 6.07 Å². The summed E-state index contributed by atoms with van der Waals surface area (Å²) in [6, 6.07) is 9.60. The van der Waals surface area contributed by atoms with Gasteiger partial charge in [-0.05, 0) is 43.5 Å². The highest BCUT2D eigenvalue weighted by Crippen LogP contribution is 2.31. The van der Waals surface area contributed by atoms with E-state index < -0.39 is 0 Å². The Morgan fingerprint density at radius 3 is 2.90 bits per heavy atom. The average Bonchev–Trinajstić information content (AvgIpc) is 2.55. The van der Waals surface area contributed by atoms with Crippen LogP contribution in [0.3, 0.4) is 0 Å². The minimum Gasteiger partial charge on any atom is -0.371 e. The molecule has 2 aliphatic heterocycles. The normalized spacial score (nSPS) is 22.7. The molecule has 3 rings (SSSR count). The van der Waals surface area contributed by atoms with E-state index in [4.69, 9.17) is 5.26 Å². The van der Waals surface area contributed by atoms with Gasteiger partial charge < -0.3 is 15.5 Å². The standard InChI is InChI=1S/C17H24N4/c1-19-12-15-9-16-14(11-20-15)3-2-4-17(16)21-7-5-13(10-18)6-8-21/h2-4,13,15,19-20H,5-9,11-12H2,1H3/t15-/m0/s1. The van der Waals surface area contributed by atoms with E-state index in [1.807, 2.05) is 7.05 Å². The molecule has 4 nitrogen and oxygen atoms in total. The van der Waals surface area contributed by atoms with Crippen molar-refractivity contribution < 1.29 is 0 Å². The van der Waals surface area contributed by atoms with E-state index in [1.54, 1.807) is 0 Å². The summed E-state index contributed by atoms with van der Waals surface area (Å²) >= 11 is 0. The van der Waals surface area contributed by atoms with Crippen molar-refractivity contribution in [1.82, 2.24) is 10.6 Å². The summed E-state index contributed by atoms with van der Waals surface area (Å²) in [7, 11) is 2.01. The predicted molar refractivity (Wildman–Crippen MR) is 85.3 cm³/mol. The summed E-state index contributed by atoms with van der Waals surface area (Å²) in [5.41, 5.74) is 4.33. The number of hydrogen-bond donors (Lipinski definition) is 2. The Morgan fingerprint density at radius 2 is 2.19 bits per heavy atom. The van der Waals surface area contributed by atoms with Crippen LogP contribution in [0.5, 0.6) is 0 Å². The number of rotatable bonds is 3. The lowest BCUT2D eigenvalue weighted by Crippen LogP contribution is -2.43. The monoisotopic (exact) mass is 284 g/mol. The van der Waals surface area contributed by atoms with Gasteiger partial charge in [0.15, 0.2) is 0 Å². The highest BCUT2D eigenvalue weighted by molar-refractivity contribution is 5.58. The summed E-state index contributed by atoms with van der Waals surface area (Å²) < 4.78 is 0. The third-order valence-corrected chi connectivity index (χ3v) is 4.75. The minimum atomic E-state index is 0.250. The van der Waals surface area contributed by atoms with Crippen molar-refractivity contribution in [2.75, 3.05) is 31.6 Å². The lowest BCUT2D eigenvalue weighted by Gasteiger charge is -2.35. The molecule has 0 radical (unpaired) electrons. The molecule has 1 fully saturated rings. The maximum atomic E-state index is 9.05. The molecule has 0 saturated carbocycles. The maximum Gasteiger partial charge on any atom is 0.0657 e. The number of likely N-dealkylation sites (N-methyl/N-ethyl adjacent to an activating group) is 1. The van der Waals surface area contributed by atoms with Crippen molar-refractivity contribution in [3.8, 4) is 6.07 Å². The second-order valence-corrected chi connectivity index (χ2v) is 6.14. The highest BCUT2D eigenvalue weighted by atomic mass is 15.1. The Labute approximate surface area is 127 Å². The van der Waals surface area contributed by atoms with Crippen molar-refractivity contribution in [2.24, 2.45) is 5.92 Å². The van der Waals surface area contributed by atoms with Gasteiger partial charge in [0, 0.05) is 43.8 Å². The smallest absolute Gasteiger partial charge is 0.0657 e. The van der Waals surface area contributed by atoms with Crippen LogP contribution in [-0.4, -0.2) is 32.7 Å². The van der Waals surface area contributed by atoms with E-state index >= 15 is 0 Å². The maximum absolute atomic E-state index is 9.05. The van der Waals surface area contributed by atoms with Gasteiger partial charge in [-0.15, -0.1) is 0 Å². The van der Waals surface area contributed by atoms with E-state index in [0.29, 0.717) is 6.04 Å². The first-order valence-electron chi connectivity index (χ1n) is 7.95. The van der Waals surface area contributed by atoms with Crippen molar-refractivity contribution in [3.63, 3.8) is 0 Å². The van der Waals surface area contributed by atoms with Crippen LogP contribution >= 0.6 is 0 Å². The molecule has 1 aromatic carbocycles. The molecule has 1 saturated heterocycles. The first-order valence-corrected chi connectivity index (χ1v) is 7.95. The Bertz CT molecular complexity index is 526. The molecule has 0 spiro atoms. The largest absolute Gasteiger partial charge is 0.371 e. The molecule has 1 aromatic rings. The van der Waals surface area contributed by atoms with E-state index in [9.17, 15) is 0 Å². The number of hydrogen-bond acceptors (Lipinski definition) is 4. The summed E-state index contributed by atoms with van der Waals surface area (Å²) in [5, 5.41) is 15.9. The number of anilines is 1. The zero-order chi connectivity index (χ0) is 14.7. The van der Waals surface area contributed by atoms with Gasteiger partial charge in [-0.3, -0.25) is 0 Å². The molecule has 1 atom stereocenters. The number of piperidine rings is 1. The second-order valence-electron chi connectivity index (χ2n) is 6.14. The van der Waals surface area contributed by atoms with Crippen LogP contribution in [0, 0.1) is 17.2 Å². The van der Waals surface area contributed by atoms with Crippen LogP contribution in [0.4, 0.5) is 5.69 Å². The number of nitrogens with one attached hydrogen (secondary N) is 2. The topological polar surface area (TPSA) is 51.1 Å². The molecule has 0 aromatic heterocycles. The predicted octanol–water partition coefficient (Wildman–Crippen LogP) is 1.66. The number of benzene rings is 1. The van der Waals surface area contributed by atoms with E-state index in [2.05, 4.69) is 39.8 Å². The molecular weight excluding hydrogens is 260 g/mol. The van der Waals surface area contributed by atoms with E-state index in [0.717, 1.165) is 45.4 Å². The number of fused-ring (bicyclic) bond motifs is 1. The third-order valence-electron chi connectivity index (χ3n) is 4.75. The fourth-order valence-electron chi connectivity index (χ4n) is 3.53. The molecule has 2 heterocycles. The van der Waals surface area contributed by atoms with E-state index in [1.165, 1.54) is 16.8 Å². The van der Waals surface area contributed by atoms with Crippen molar-refractivity contribution in [3.05, 3.63) is 29.3 Å². The minimum absolute atomic E-state index is 0.250. The number of nitriles is 1. The van der Waals surface area contributed by atoms with Crippen LogP contribution in [-0.2, 0) is 13.0 Å². The van der Waals surface area contributed by atoms with Gasteiger partial charge in [0.2, 0.25) is 0 Å². The Morgan fingerprint density at radius 1 is 1.38 bits per heavy atom.